The lowest BCUT2D eigenvalue weighted by atomic mass is 10.1. The van der Waals surface area contributed by atoms with Crippen molar-refractivity contribution in [2.45, 2.75) is 32.3 Å². The lowest BCUT2D eigenvalue weighted by Crippen LogP contribution is -2.31. The maximum absolute atomic E-state index is 9.04. The van der Waals surface area contributed by atoms with Gasteiger partial charge in [-0.3, -0.25) is 0 Å². The van der Waals surface area contributed by atoms with Gasteiger partial charge in [0.1, 0.15) is 5.75 Å². The van der Waals surface area contributed by atoms with Gasteiger partial charge in [0.05, 0.1) is 13.2 Å². The van der Waals surface area contributed by atoms with E-state index in [2.05, 4.69) is 4.90 Å². The standard InChI is InChI=1S/C15H23NO2/c17-13-14-6-4-7-15(12-14)18-11-5-10-16-8-2-1-3-9-16/h4,6-7,12,17H,1-3,5,8-11,13H2. The smallest absolute Gasteiger partial charge is 0.119 e. The molecule has 0 bridgehead atoms. The van der Waals surface area contributed by atoms with Crippen LogP contribution in [0, 0.1) is 0 Å². The zero-order valence-electron chi connectivity index (χ0n) is 11.0. The minimum atomic E-state index is 0.0744. The normalized spacial score (nSPS) is 16.7. The van der Waals surface area contributed by atoms with E-state index in [1.165, 1.54) is 32.4 Å². The molecule has 1 aromatic carbocycles. The lowest BCUT2D eigenvalue weighted by molar-refractivity contribution is 0.204. The Balaban J connectivity index is 1.65. The Morgan fingerprint density at radius 2 is 2.00 bits per heavy atom. The first-order chi connectivity index (χ1) is 8.88. The van der Waals surface area contributed by atoms with E-state index >= 15 is 0 Å². The summed E-state index contributed by atoms with van der Waals surface area (Å²) < 4.78 is 5.70. The summed E-state index contributed by atoms with van der Waals surface area (Å²) in [5.74, 6) is 0.861. The molecule has 18 heavy (non-hydrogen) atoms. The minimum absolute atomic E-state index is 0.0744. The summed E-state index contributed by atoms with van der Waals surface area (Å²) in [5, 5.41) is 9.04. The molecule has 3 nitrogen and oxygen atoms in total. The molecule has 0 amide bonds. The average molecular weight is 249 g/mol. The van der Waals surface area contributed by atoms with E-state index in [9.17, 15) is 0 Å². The Kier molecular flexibility index (Phi) is 5.49. The van der Waals surface area contributed by atoms with Gasteiger partial charge >= 0.3 is 0 Å². The van der Waals surface area contributed by atoms with Crippen molar-refractivity contribution in [3.8, 4) is 5.75 Å². The van der Waals surface area contributed by atoms with Gasteiger partial charge in [-0.25, -0.2) is 0 Å². The lowest BCUT2D eigenvalue weighted by Gasteiger charge is -2.26. The predicted molar refractivity (Wildman–Crippen MR) is 72.8 cm³/mol. The zero-order chi connectivity index (χ0) is 12.6. The number of aliphatic hydroxyl groups is 1. The number of hydrogen-bond donors (Lipinski definition) is 1. The largest absolute Gasteiger partial charge is 0.494 e. The van der Waals surface area contributed by atoms with Crippen molar-refractivity contribution in [1.29, 1.82) is 0 Å². The molecule has 2 rings (SSSR count). The van der Waals surface area contributed by atoms with Crippen LogP contribution in [0.2, 0.25) is 0 Å². The molecule has 1 aliphatic rings. The van der Waals surface area contributed by atoms with E-state index in [4.69, 9.17) is 9.84 Å². The molecule has 1 saturated heterocycles. The number of ether oxygens (including phenoxy) is 1. The van der Waals surface area contributed by atoms with Crippen molar-refractivity contribution in [2.75, 3.05) is 26.2 Å². The topological polar surface area (TPSA) is 32.7 Å². The molecule has 0 aromatic heterocycles. The van der Waals surface area contributed by atoms with Crippen LogP contribution in [0.4, 0.5) is 0 Å². The average Bonchev–Trinajstić information content (AvgIpc) is 2.45. The van der Waals surface area contributed by atoms with Gasteiger partial charge in [-0.05, 0) is 50.0 Å². The van der Waals surface area contributed by atoms with Crippen LogP contribution < -0.4 is 4.74 Å². The highest BCUT2D eigenvalue weighted by Crippen LogP contribution is 2.14. The number of piperidine rings is 1. The molecular weight excluding hydrogens is 226 g/mol. The van der Waals surface area contributed by atoms with E-state index in [1.807, 2.05) is 24.3 Å². The number of likely N-dealkylation sites (tertiary alicyclic amines) is 1. The van der Waals surface area contributed by atoms with Crippen molar-refractivity contribution < 1.29 is 9.84 Å². The Bertz CT molecular complexity index is 348. The van der Waals surface area contributed by atoms with E-state index in [-0.39, 0.29) is 6.61 Å². The highest BCUT2D eigenvalue weighted by molar-refractivity contribution is 5.27. The number of rotatable bonds is 6. The van der Waals surface area contributed by atoms with Crippen LogP contribution in [0.5, 0.6) is 5.75 Å². The molecule has 0 spiro atoms. The Morgan fingerprint density at radius 3 is 2.78 bits per heavy atom. The Hall–Kier alpha value is -1.06. The molecule has 0 radical (unpaired) electrons. The molecule has 0 saturated carbocycles. The van der Waals surface area contributed by atoms with Crippen LogP contribution in [0.3, 0.4) is 0 Å². The second-order valence-electron chi connectivity index (χ2n) is 4.91. The first-order valence-electron chi connectivity index (χ1n) is 6.93. The predicted octanol–water partition coefficient (Wildman–Crippen LogP) is 2.43. The Labute approximate surface area is 109 Å². The molecule has 0 unspecified atom stereocenters. The molecule has 1 N–H and O–H groups in total. The minimum Gasteiger partial charge on any atom is -0.494 e. The summed E-state index contributed by atoms with van der Waals surface area (Å²) >= 11 is 0. The zero-order valence-corrected chi connectivity index (χ0v) is 11.0. The van der Waals surface area contributed by atoms with Crippen molar-refractivity contribution in [2.24, 2.45) is 0 Å². The van der Waals surface area contributed by atoms with Crippen molar-refractivity contribution in [1.82, 2.24) is 4.90 Å². The maximum Gasteiger partial charge on any atom is 0.119 e. The van der Waals surface area contributed by atoms with Crippen LogP contribution in [0.1, 0.15) is 31.2 Å². The summed E-state index contributed by atoms with van der Waals surface area (Å²) in [6, 6.07) is 7.67. The fourth-order valence-electron chi connectivity index (χ4n) is 2.39. The fraction of sp³-hybridized carbons (Fsp3) is 0.600. The van der Waals surface area contributed by atoms with Gasteiger partial charge in [0.2, 0.25) is 0 Å². The first-order valence-corrected chi connectivity index (χ1v) is 6.93. The highest BCUT2D eigenvalue weighted by atomic mass is 16.5. The van der Waals surface area contributed by atoms with Crippen LogP contribution in [-0.2, 0) is 6.61 Å². The third kappa shape index (κ3) is 4.31. The molecular formula is C15H23NO2. The third-order valence-electron chi connectivity index (χ3n) is 3.42. The van der Waals surface area contributed by atoms with Crippen molar-refractivity contribution in [3.63, 3.8) is 0 Å². The second kappa shape index (κ2) is 7.39. The first kappa shape index (κ1) is 13.4. The van der Waals surface area contributed by atoms with Gasteiger partial charge in [-0.15, -0.1) is 0 Å². The summed E-state index contributed by atoms with van der Waals surface area (Å²) in [6.45, 7) is 4.47. The fourth-order valence-corrected chi connectivity index (χ4v) is 2.39. The summed E-state index contributed by atoms with van der Waals surface area (Å²) in [7, 11) is 0. The van der Waals surface area contributed by atoms with Gasteiger partial charge in [0.25, 0.3) is 0 Å². The molecule has 100 valence electrons. The van der Waals surface area contributed by atoms with Gasteiger partial charge in [0.15, 0.2) is 0 Å². The SMILES string of the molecule is OCc1cccc(OCCCN2CCCCC2)c1. The van der Waals surface area contributed by atoms with Crippen LogP contribution in [0.25, 0.3) is 0 Å². The summed E-state index contributed by atoms with van der Waals surface area (Å²) in [5.41, 5.74) is 0.906. The van der Waals surface area contributed by atoms with Gasteiger partial charge in [-0.1, -0.05) is 18.6 Å². The number of benzene rings is 1. The van der Waals surface area contributed by atoms with Gasteiger partial charge in [0, 0.05) is 6.54 Å². The molecule has 1 heterocycles. The van der Waals surface area contributed by atoms with E-state index in [0.717, 1.165) is 30.9 Å². The maximum atomic E-state index is 9.04. The number of nitrogens with zero attached hydrogens (tertiary/aromatic N) is 1. The molecule has 0 atom stereocenters. The van der Waals surface area contributed by atoms with Crippen LogP contribution in [0.15, 0.2) is 24.3 Å². The van der Waals surface area contributed by atoms with Gasteiger partial charge in [-0.2, -0.15) is 0 Å². The molecule has 1 fully saturated rings. The van der Waals surface area contributed by atoms with E-state index < -0.39 is 0 Å². The summed E-state index contributed by atoms with van der Waals surface area (Å²) in [6.07, 6.45) is 5.16. The molecule has 0 aliphatic carbocycles. The molecule has 1 aliphatic heterocycles. The number of hydrogen-bond acceptors (Lipinski definition) is 3. The molecule has 1 aromatic rings. The van der Waals surface area contributed by atoms with E-state index in [1.54, 1.807) is 0 Å². The number of aliphatic hydroxyl groups excluding tert-OH is 1. The monoisotopic (exact) mass is 249 g/mol. The van der Waals surface area contributed by atoms with Crippen LogP contribution in [-0.4, -0.2) is 36.2 Å². The highest BCUT2D eigenvalue weighted by Gasteiger charge is 2.08. The van der Waals surface area contributed by atoms with Crippen molar-refractivity contribution in [3.05, 3.63) is 29.8 Å². The van der Waals surface area contributed by atoms with Crippen LogP contribution >= 0.6 is 0 Å². The third-order valence-corrected chi connectivity index (χ3v) is 3.42. The van der Waals surface area contributed by atoms with Gasteiger partial charge < -0.3 is 14.7 Å². The quantitative estimate of drug-likeness (QED) is 0.786. The summed E-state index contributed by atoms with van der Waals surface area (Å²) in [4.78, 5) is 2.52. The van der Waals surface area contributed by atoms with E-state index in [0.29, 0.717) is 0 Å². The Morgan fingerprint density at radius 1 is 1.17 bits per heavy atom. The molecule has 3 heteroatoms. The second-order valence-corrected chi connectivity index (χ2v) is 4.91. The van der Waals surface area contributed by atoms with Crippen molar-refractivity contribution >= 4 is 0 Å².